The van der Waals surface area contributed by atoms with Crippen molar-refractivity contribution in [1.82, 2.24) is 0 Å². The van der Waals surface area contributed by atoms with Gasteiger partial charge in [-0.1, -0.05) is 12.2 Å². The normalized spacial score (nSPS) is 27.8. The topological polar surface area (TPSA) is 26.3 Å². The average molecular weight is 154 g/mol. The van der Waals surface area contributed by atoms with Crippen molar-refractivity contribution in [2.75, 3.05) is 6.61 Å². The Morgan fingerprint density at radius 3 is 2.64 bits per heavy atom. The lowest BCUT2D eigenvalue weighted by Crippen LogP contribution is -2.07. The van der Waals surface area contributed by atoms with E-state index < -0.39 is 0 Å². The minimum absolute atomic E-state index is 0.0551. The molecule has 2 heteroatoms. The van der Waals surface area contributed by atoms with E-state index in [-0.39, 0.29) is 11.9 Å². The highest BCUT2D eigenvalue weighted by Gasteiger charge is 2.44. The Bertz CT molecular complexity index is 184. The van der Waals surface area contributed by atoms with Gasteiger partial charge in [-0.05, 0) is 26.2 Å². The van der Waals surface area contributed by atoms with E-state index in [1.165, 1.54) is 0 Å². The fourth-order valence-electron chi connectivity index (χ4n) is 1.25. The van der Waals surface area contributed by atoms with Crippen molar-refractivity contribution < 1.29 is 9.53 Å². The van der Waals surface area contributed by atoms with Gasteiger partial charge in [0.1, 0.15) is 0 Å². The quantitative estimate of drug-likeness (QED) is 0.457. The van der Waals surface area contributed by atoms with Gasteiger partial charge in [-0.25, -0.2) is 0 Å². The van der Waals surface area contributed by atoms with Crippen LogP contribution in [-0.4, -0.2) is 12.6 Å². The maximum absolute atomic E-state index is 11.1. The minimum Gasteiger partial charge on any atom is -0.466 e. The second-order valence-corrected chi connectivity index (χ2v) is 3.05. The first-order valence-electron chi connectivity index (χ1n) is 3.98. The van der Waals surface area contributed by atoms with Gasteiger partial charge < -0.3 is 4.74 Å². The smallest absolute Gasteiger partial charge is 0.309 e. The molecule has 0 radical (unpaired) electrons. The molecule has 2 atom stereocenters. The van der Waals surface area contributed by atoms with Crippen LogP contribution in [0.1, 0.15) is 20.3 Å². The van der Waals surface area contributed by atoms with Crippen molar-refractivity contribution in [3.8, 4) is 0 Å². The predicted octanol–water partition coefficient (Wildman–Crippen LogP) is 1.76. The van der Waals surface area contributed by atoms with Crippen LogP contribution in [0.15, 0.2) is 12.2 Å². The summed E-state index contributed by atoms with van der Waals surface area (Å²) in [5, 5.41) is 0. The van der Waals surface area contributed by atoms with Gasteiger partial charge in [-0.2, -0.15) is 0 Å². The van der Waals surface area contributed by atoms with E-state index >= 15 is 0 Å². The number of esters is 1. The summed E-state index contributed by atoms with van der Waals surface area (Å²) in [6.45, 7) is 8.08. The molecule has 1 aliphatic carbocycles. The molecule has 0 unspecified atom stereocenters. The van der Waals surface area contributed by atoms with Crippen molar-refractivity contribution in [3.63, 3.8) is 0 Å². The van der Waals surface area contributed by atoms with E-state index in [2.05, 4.69) is 6.58 Å². The SMILES string of the molecule is C=C(C)[C@@H]1C[C@H]1C(=O)OCC. The molecule has 0 heterocycles. The number of hydrogen-bond acceptors (Lipinski definition) is 2. The van der Waals surface area contributed by atoms with Gasteiger partial charge in [-0.3, -0.25) is 4.79 Å². The van der Waals surface area contributed by atoms with E-state index in [9.17, 15) is 4.79 Å². The molecular formula is C9H14O2. The van der Waals surface area contributed by atoms with Crippen LogP contribution in [0, 0.1) is 11.8 Å². The Labute approximate surface area is 67.2 Å². The van der Waals surface area contributed by atoms with Gasteiger partial charge in [0.25, 0.3) is 0 Å². The second-order valence-electron chi connectivity index (χ2n) is 3.05. The first-order valence-corrected chi connectivity index (χ1v) is 3.98. The lowest BCUT2D eigenvalue weighted by Gasteiger charge is -1.99. The highest BCUT2D eigenvalue weighted by Crippen LogP contribution is 2.43. The van der Waals surface area contributed by atoms with Crippen LogP contribution in [0.25, 0.3) is 0 Å². The standard InChI is InChI=1S/C9H14O2/c1-4-11-9(10)8-5-7(8)6(2)3/h7-8H,2,4-5H2,1,3H3/t7-,8+/m0/s1. The fourth-order valence-corrected chi connectivity index (χ4v) is 1.25. The molecule has 0 aromatic rings. The molecule has 1 fully saturated rings. The van der Waals surface area contributed by atoms with Gasteiger partial charge in [0.15, 0.2) is 0 Å². The number of ether oxygens (including phenoxy) is 1. The van der Waals surface area contributed by atoms with Crippen molar-refractivity contribution in [3.05, 3.63) is 12.2 Å². The molecule has 11 heavy (non-hydrogen) atoms. The van der Waals surface area contributed by atoms with E-state index in [1.807, 2.05) is 13.8 Å². The van der Waals surface area contributed by atoms with Crippen molar-refractivity contribution in [2.45, 2.75) is 20.3 Å². The van der Waals surface area contributed by atoms with Gasteiger partial charge in [0.2, 0.25) is 0 Å². The van der Waals surface area contributed by atoms with Crippen LogP contribution in [0.2, 0.25) is 0 Å². The molecule has 0 spiro atoms. The van der Waals surface area contributed by atoms with Crippen molar-refractivity contribution >= 4 is 5.97 Å². The number of carbonyl (C=O) groups excluding carboxylic acids is 1. The zero-order valence-electron chi connectivity index (χ0n) is 7.09. The van der Waals surface area contributed by atoms with Crippen LogP contribution in [0.5, 0.6) is 0 Å². The zero-order valence-corrected chi connectivity index (χ0v) is 7.09. The molecule has 0 amide bonds. The lowest BCUT2D eigenvalue weighted by molar-refractivity contribution is -0.144. The number of allylic oxidation sites excluding steroid dienone is 1. The van der Waals surface area contributed by atoms with Gasteiger partial charge >= 0.3 is 5.97 Å². The summed E-state index contributed by atoms with van der Waals surface area (Å²) in [4.78, 5) is 11.1. The van der Waals surface area contributed by atoms with Gasteiger partial charge in [0.05, 0.1) is 12.5 Å². The molecule has 0 aliphatic heterocycles. The van der Waals surface area contributed by atoms with Gasteiger partial charge in [-0.15, -0.1) is 0 Å². The van der Waals surface area contributed by atoms with Gasteiger partial charge in [0, 0.05) is 0 Å². The number of hydrogen-bond donors (Lipinski definition) is 0. The largest absolute Gasteiger partial charge is 0.466 e. The Balaban J connectivity index is 2.32. The Morgan fingerprint density at radius 2 is 2.27 bits per heavy atom. The molecule has 1 rings (SSSR count). The number of rotatable bonds is 3. The molecule has 62 valence electrons. The van der Waals surface area contributed by atoms with E-state index in [0.29, 0.717) is 12.5 Å². The maximum atomic E-state index is 11.1. The summed E-state index contributed by atoms with van der Waals surface area (Å²) < 4.78 is 4.87. The molecule has 0 aromatic heterocycles. The van der Waals surface area contributed by atoms with Crippen LogP contribution in [0.4, 0.5) is 0 Å². The highest BCUT2D eigenvalue weighted by molar-refractivity contribution is 5.76. The summed E-state index contributed by atoms with van der Waals surface area (Å²) in [7, 11) is 0. The molecule has 0 saturated heterocycles. The molecule has 0 aromatic carbocycles. The first kappa shape index (κ1) is 8.31. The molecule has 0 N–H and O–H groups in total. The third-order valence-electron chi connectivity index (χ3n) is 2.01. The third-order valence-corrected chi connectivity index (χ3v) is 2.01. The summed E-state index contributed by atoms with van der Waals surface area (Å²) >= 11 is 0. The van der Waals surface area contributed by atoms with E-state index in [1.54, 1.807) is 0 Å². The second kappa shape index (κ2) is 3.07. The van der Waals surface area contributed by atoms with E-state index in [0.717, 1.165) is 12.0 Å². The summed E-state index contributed by atoms with van der Waals surface area (Å²) in [5.74, 6) is 0.460. The summed E-state index contributed by atoms with van der Waals surface area (Å²) in [6.07, 6.45) is 0.939. The van der Waals surface area contributed by atoms with Crippen LogP contribution in [0.3, 0.4) is 0 Å². The monoisotopic (exact) mass is 154 g/mol. The Morgan fingerprint density at radius 1 is 1.64 bits per heavy atom. The zero-order chi connectivity index (χ0) is 8.43. The maximum Gasteiger partial charge on any atom is 0.309 e. The lowest BCUT2D eigenvalue weighted by atomic mass is 10.2. The summed E-state index contributed by atoms with van der Waals surface area (Å²) in [6, 6.07) is 0. The summed E-state index contributed by atoms with van der Waals surface area (Å²) in [5.41, 5.74) is 1.10. The molecule has 2 nitrogen and oxygen atoms in total. The third kappa shape index (κ3) is 1.82. The minimum atomic E-state index is -0.0551. The Hall–Kier alpha value is -0.790. The number of carbonyl (C=O) groups is 1. The van der Waals surface area contributed by atoms with Crippen LogP contribution in [-0.2, 0) is 9.53 Å². The molecule has 0 bridgehead atoms. The van der Waals surface area contributed by atoms with E-state index in [4.69, 9.17) is 4.74 Å². The highest BCUT2D eigenvalue weighted by atomic mass is 16.5. The average Bonchev–Trinajstić information content (AvgIpc) is 2.65. The molecule has 1 aliphatic rings. The van der Waals surface area contributed by atoms with Crippen molar-refractivity contribution in [1.29, 1.82) is 0 Å². The molecular weight excluding hydrogens is 140 g/mol. The Kier molecular flexibility index (Phi) is 2.32. The first-order chi connectivity index (χ1) is 5.16. The van der Waals surface area contributed by atoms with Crippen molar-refractivity contribution in [2.24, 2.45) is 11.8 Å². The molecule has 1 saturated carbocycles. The fraction of sp³-hybridized carbons (Fsp3) is 0.667. The van der Waals surface area contributed by atoms with Crippen LogP contribution < -0.4 is 0 Å². The predicted molar refractivity (Wildman–Crippen MR) is 43.0 cm³/mol. The van der Waals surface area contributed by atoms with Crippen LogP contribution >= 0.6 is 0 Å².